The fraction of sp³-hybridized carbons (Fsp3) is 0.222. The van der Waals surface area contributed by atoms with Crippen molar-refractivity contribution in [2.75, 3.05) is 5.32 Å². The van der Waals surface area contributed by atoms with E-state index < -0.39 is 17.9 Å². The van der Waals surface area contributed by atoms with Gasteiger partial charge in [-0.2, -0.15) is 0 Å². The summed E-state index contributed by atoms with van der Waals surface area (Å²) in [6.07, 6.45) is 0. The number of anilines is 1. The predicted molar refractivity (Wildman–Crippen MR) is 102 cm³/mol. The molecule has 0 saturated carbocycles. The average molecular weight is 378 g/mol. The monoisotopic (exact) mass is 377 g/mol. The van der Waals surface area contributed by atoms with Crippen molar-refractivity contribution >= 4 is 40.5 Å². The molecule has 2 N–H and O–H groups in total. The summed E-state index contributed by atoms with van der Waals surface area (Å²) < 4.78 is 0. The van der Waals surface area contributed by atoms with Crippen molar-refractivity contribution in [3.05, 3.63) is 68.5 Å². The highest BCUT2D eigenvalue weighted by molar-refractivity contribution is 6.38. The summed E-state index contributed by atoms with van der Waals surface area (Å²) in [7, 11) is 0. The Balaban J connectivity index is 2.41. The molecular weight excluding hydrogens is 361 g/mol. The molecule has 2 aromatic rings. The number of carbonyl (C=O) groups is 1. The minimum Gasteiger partial charge on any atom is -0.376 e. The molecule has 25 heavy (non-hydrogen) atoms. The zero-order valence-corrected chi connectivity index (χ0v) is 15.2. The van der Waals surface area contributed by atoms with Gasteiger partial charge in [0, 0.05) is 16.1 Å². The van der Waals surface area contributed by atoms with Crippen LogP contribution in [0.25, 0.3) is 0 Å². The van der Waals surface area contributed by atoms with Gasteiger partial charge in [-0.25, -0.2) is 0 Å². The molecule has 2 unspecified atom stereocenters. The van der Waals surface area contributed by atoms with E-state index in [1.807, 2.05) is 25.1 Å². The van der Waals surface area contributed by atoms with Crippen LogP contribution in [0.1, 0.15) is 24.1 Å². The van der Waals surface area contributed by atoms with Crippen molar-refractivity contribution in [3.63, 3.8) is 0 Å². The third kappa shape index (κ3) is 4.65. The van der Waals surface area contributed by atoms with E-state index in [9.17, 15) is 9.70 Å². The van der Waals surface area contributed by atoms with Crippen LogP contribution in [-0.2, 0) is 4.79 Å². The molecule has 130 valence electrons. The van der Waals surface area contributed by atoms with Gasteiger partial charge in [-0.3, -0.25) is 10.2 Å². The summed E-state index contributed by atoms with van der Waals surface area (Å²) in [5, 5.41) is 14.6. The van der Waals surface area contributed by atoms with E-state index in [1.165, 1.54) is 0 Å². The molecular formula is C18H17Cl2N3O2. The Bertz CT molecular complexity index is 806. The molecule has 0 radical (unpaired) electrons. The van der Waals surface area contributed by atoms with Crippen molar-refractivity contribution in [2.45, 2.75) is 19.9 Å². The molecule has 0 heterocycles. The number of halogens is 2. The van der Waals surface area contributed by atoms with E-state index in [4.69, 9.17) is 28.6 Å². The third-order valence-corrected chi connectivity index (χ3v) is 4.50. The number of nitroso groups, excluding NO2 is 1. The molecule has 2 aromatic carbocycles. The largest absolute Gasteiger partial charge is 0.376 e. The Hall–Kier alpha value is -2.24. The van der Waals surface area contributed by atoms with Crippen LogP contribution in [0.2, 0.25) is 10.0 Å². The maximum Gasteiger partial charge on any atom is 0.330 e. The van der Waals surface area contributed by atoms with Crippen LogP contribution in [0.3, 0.4) is 0 Å². The summed E-state index contributed by atoms with van der Waals surface area (Å²) in [6, 6.07) is 12.1. The first-order valence-corrected chi connectivity index (χ1v) is 8.33. The molecule has 0 aliphatic rings. The van der Waals surface area contributed by atoms with Crippen molar-refractivity contribution in [1.82, 2.24) is 0 Å². The molecule has 0 saturated heterocycles. The van der Waals surface area contributed by atoms with Gasteiger partial charge in [0.2, 0.25) is 0 Å². The minimum absolute atomic E-state index is 0.370. The maximum absolute atomic E-state index is 11.5. The first-order valence-electron chi connectivity index (χ1n) is 7.57. The van der Waals surface area contributed by atoms with Crippen LogP contribution >= 0.6 is 23.2 Å². The molecule has 0 fully saturated rings. The third-order valence-electron chi connectivity index (χ3n) is 3.93. The van der Waals surface area contributed by atoms with Gasteiger partial charge < -0.3 is 5.32 Å². The molecule has 7 heteroatoms. The number of nitrogens with zero attached hydrogens (tertiary/aromatic N) is 1. The molecule has 0 aliphatic carbocycles. The fourth-order valence-corrected chi connectivity index (χ4v) is 2.90. The number of benzene rings is 2. The highest BCUT2D eigenvalue weighted by atomic mass is 35.5. The second-order valence-electron chi connectivity index (χ2n) is 5.76. The lowest BCUT2D eigenvalue weighted by molar-refractivity contribution is -0.112. The van der Waals surface area contributed by atoms with Crippen LogP contribution in [0, 0.1) is 23.2 Å². The van der Waals surface area contributed by atoms with Crippen LogP contribution in [0.5, 0.6) is 0 Å². The van der Waals surface area contributed by atoms with E-state index in [1.54, 1.807) is 31.2 Å². The summed E-state index contributed by atoms with van der Waals surface area (Å²) in [5.74, 6) is -1.69. The number of aryl methyl sites for hydroxylation is 1. The van der Waals surface area contributed by atoms with Crippen molar-refractivity contribution < 1.29 is 4.79 Å². The predicted octanol–water partition coefficient (Wildman–Crippen LogP) is 5.40. The summed E-state index contributed by atoms with van der Waals surface area (Å²) >= 11 is 12.2. The van der Waals surface area contributed by atoms with Gasteiger partial charge in [-0.15, -0.1) is 4.91 Å². The highest BCUT2D eigenvalue weighted by Crippen LogP contribution is 2.32. The second-order valence-corrected chi connectivity index (χ2v) is 6.60. The highest BCUT2D eigenvalue weighted by Gasteiger charge is 2.28. The zero-order chi connectivity index (χ0) is 18.6. The topological polar surface area (TPSA) is 82.4 Å². The normalized spacial score (nSPS) is 13.0. The van der Waals surface area contributed by atoms with Crippen LogP contribution < -0.4 is 5.32 Å². The Kier molecular flexibility index (Phi) is 6.28. The standard InChI is InChI=1S/C18H17Cl2N3O2/c1-10-3-8-15(14(20)9-10)22-17(11(2)16(21)18(24)23-25)12-4-6-13(19)7-5-12/h3-9,11,17,21-22H,1-2H3. The Morgan fingerprint density at radius 1 is 1.16 bits per heavy atom. The van der Waals surface area contributed by atoms with Gasteiger partial charge in [-0.05, 0) is 42.3 Å². The number of amides is 1. The first-order chi connectivity index (χ1) is 11.8. The second kappa shape index (κ2) is 8.23. The molecule has 0 spiro atoms. The molecule has 5 nitrogen and oxygen atoms in total. The van der Waals surface area contributed by atoms with Crippen molar-refractivity contribution in [1.29, 1.82) is 5.41 Å². The van der Waals surface area contributed by atoms with Crippen LogP contribution in [0.15, 0.2) is 47.6 Å². The van der Waals surface area contributed by atoms with E-state index in [-0.39, 0.29) is 5.71 Å². The van der Waals surface area contributed by atoms with E-state index in [2.05, 4.69) is 10.5 Å². The molecule has 2 atom stereocenters. The smallest absolute Gasteiger partial charge is 0.330 e. The number of hydrogen-bond donors (Lipinski definition) is 2. The van der Waals surface area contributed by atoms with E-state index in [0.717, 1.165) is 11.1 Å². The molecule has 1 amide bonds. The lowest BCUT2D eigenvalue weighted by Gasteiger charge is -2.26. The summed E-state index contributed by atoms with van der Waals surface area (Å²) in [5.41, 5.74) is 2.11. The van der Waals surface area contributed by atoms with Gasteiger partial charge in [0.25, 0.3) is 0 Å². The van der Waals surface area contributed by atoms with Gasteiger partial charge >= 0.3 is 5.91 Å². The summed E-state index contributed by atoms with van der Waals surface area (Å²) in [4.78, 5) is 22.0. The van der Waals surface area contributed by atoms with Gasteiger partial charge in [0.15, 0.2) is 0 Å². The number of hydrogen-bond acceptors (Lipinski definition) is 4. The molecule has 0 aliphatic heterocycles. The van der Waals surface area contributed by atoms with E-state index in [0.29, 0.717) is 15.7 Å². The Morgan fingerprint density at radius 3 is 2.36 bits per heavy atom. The van der Waals surface area contributed by atoms with Crippen LogP contribution in [-0.4, -0.2) is 11.6 Å². The fourth-order valence-electron chi connectivity index (χ4n) is 2.48. The van der Waals surface area contributed by atoms with Crippen LogP contribution in [0.4, 0.5) is 5.69 Å². The number of carbonyl (C=O) groups excluding carboxylic acids is 1. The Morgan fingerprint density at radius 2 is 1.80 bits per heavy atom. The lowest BCUT2D eigenvalue weighted by Crippen LogP contribution is -2.29. The van der Waals surface area contributed by atoms with E-state index >= 15 is 0 Å². The SMILES string of the molecule is Cc1ccc(NC(c2ccc(Cl)cc2)C(C)C(=N)C(=O)N=O)c(Cl)c1. The first kappa shape index (κ1) is 19.1. The maximum atomic E-state index is 11.5. The zero-order valence-electron chi connectivity index (χ0n) is 13.7. The van der Waals surface area contributed by atoms with Gasteiger partial charge in [0.1, 0.15) is 5.71 Å². The summed E-state index contributed by atoms with van der Waals surface area (Å²) in [6.45, 7) is 3.61. The molecule has 0 bridgehead atoms. The Labute approximate surface area is 155 Å². The molecule has 2 rings (SSSR count). The average Bonchev–Trinajstić information content (AvgIpc) is 2.60. The van der Waals surface area contributed by atoms with Gasteiger partial charge in [0.05, 0.1) is 16.8 Å². The van der Waals surface area contributed by atoms with Crippen molar-refractivity contribution in [3.8, 4) is 0 Å². The number of nitrogens with one attached hydrogen (secondary N) is 2. The quantitative estimate of drug-likeness (QED) is 0.521. The van der Waals surface area contributed by atoms with Crippen molar-refractivity contribution in [2.24, 2.45) is 11.1 Å². The lowest BCUT2D eigenvalue weighted by atomic mass is 9.90. The minimum atomic E-state index is -1.08. The number of rotatable bonds is 6. The molecule has 0 aromatic heterocycles. The van der Waals surface area contributed by atoms with Gasteiger partial charge in [-0.1, -0.05) is 48.3 Å².